The summed E-state index contributed by atoms with van der Waals surface area (Å²) >= 11 is 0. The molecule has 0 radical (unpaired) electrons. The fraction of sp³-hybridized carbons (Fsp3) is 0.867. The van der Waals surface area contributed by atoms with Crippen LogP contribution in [-0.2, 0) is 0 Å². The number of hydrogen-bond acceptors (Lipinski definition) is 6. The van der Waals surface area contributed by atoms with Crippen molar-refractivity contribution in [3.8, 4) is 0 Å². The first-order valence-electron chi connectivity index (χ1n) is 8.26. The molecule has 1 aromatic heterocycles. The fourth-order valence-electron chi connectivity index (χ4n) is 3.45. The van der Waals surface area contributed by atoms with Crippen LogP contribution in [0, 0.1) is 0 Å². The van der Waals surface area contributed by atoms with Gasteiger partial charge in [0.25, 0.3) is 0 Å². The van der Waals surface area contributed by atoms with Crippen molar-refractivity contribution in [2.75, 3.05) is 26.7 Å². The van der Waals surface area contributed by atoms with E-state index in [1.807, 2.05) is 0 Å². The molecular weight excluding hydrogens is 337 g/mol. The molecule has 2 fully saturated rings. The van der Waals surface area contributed by atoms with Crippen LogP contribution < -0.4 is 11.1 Å². The highest BCUT2D eigenvalue weighted by Gasteiger charge is 2.30. The molecule has 0 aromatic carbocycles. The van der Waals surface area contributed by atoms with Crippen molar-refractivity contribution in [2.24, 2.45) is 5.73 Å². The molecule has 23 heavy (non-hydrogen) atoms. The van der Waals surface area contributed by atoms with Crippen LogP contribution in [0.15, 0.2) is 4.52 Å². The summed E-state index contributed by atoms with van der Waals surface area (Å²) in [5.74, 6) is 1.78. The Kier molecular flexibility index (Phi) is 8.79. The number of halogens is 2. The number of nitrogens with zero attached hydrogens (tertiary/aromatic N) is 3. The molecule has 134 valence electrons. The molecule has 3 rings (SSSR count). The Hall–Kier alpha value is -0.400. The molecule has 1 aliphatic heterocycles. The average Bonchev–Trinajstić information content (AvgIpc) is 2.93. The lowest BCUT2D eigenvalue weighted by molar-refractivity contribution is 0.190. The summed E-state index contributed by atoms with van der Waals surface area (Å²) in [6.45, 7) is 2.91. The van der Waals surface area contributed by atoms with E-state index in [2.05, 4.69) is 22.4 Å². The Morgan fingerprint density at radius 2 is 1.91 bits per heavy atom. The second-order valence-corrected chi connectivity index (χ2v) is 6.45. The van der Waals surface area contributed by atoms with Crippen LogP contribution in [0.3, 0.4) is 0 Å². The summed E-state index contributed by atoms with van der Waals surface area (Å²) in [5.41, 5.74) is 6.34. The van der Waals surface area contributed by atoms with Gasteiger partial charge < -0.3 is 15.6 Å². The molecule has 3 atom stereocenters. The van der Waals surface area contributed by atoms with Crippen molar-refractivity contribution in [1.29, 1.82) is 0 Å². The Labute approximate surface area is 150 Å². The number of aromatic nitrogens is 2. The predicted octanol–water partition coefficient (Wildman–Crippen LogP) is 2.25. The van der Waals surface area contributed by atoms with Crippen molar-refractivity contribution in [2.45, 2.75) is 56.5 Å². The Morgan fingerprint density at radius 3 is 2.65 bits per heavy atom. The van der Waals surface area contributed by atoms with E-state index in [0.717, 1.165) is 44.2 Å². The number of likely N-dealkylation sites (N-methyl/N-ethyl adjacent to an activating group) is 1. The summed E-state index contributed by atoms with van der Waals surface area (Å²) < 4.78 is 5.58. The lowest BCUT2D eigenvalue weighted by atomic mass is 9.87. The maximum absolute atomic E-state index is 6.34. The van der Waals surface area contributed by atoms with Crippen LogP contribution >= 0.6 is 24.8 Å². The van der Waals surface area contributed by atoms with Crippen molar-refractivity contribution in [3.63, 3.8) is 0 Å². The zero-order valence-corrected chi connectivity index (χ0v) is 15.4. The highest BCUT2D eigenvalue weighted by Crippen LogP contribution is 2.30. The van der Waals surface area contributed by atoms with Gasteiger partial charge in [-0.05, 0) is 19.9 Å². The number of nitrogens with two attached hydrogens (primary N) is 1. The summed E-state index contributed by atoms with van der Waals surface area (Å²) in [7, 11) is 2.11. The average molecular weight is 366 g/mol. The molecule has 1 saturated heterocycles. The number of rotatable bonds is 2. The van der Waals surface area contributed by atoms with Crippen LogP contribution in [0.1, 0.15) is 62.2 Å². The van der Waals surface area contributed by atoms with Gasteiger partial charge in [-0.3, -0.25) is 4.90 Å². The maximum atomic E-state index is 6.34. The van der Waals surface area contributed by atoms with Gasteiger partial charge in [-0.25, -0.2) is 0 Å². The molecule has 1 aromatic rings. The van der Waals surface area contributed by atoms with Crippen LogP contribution in [0.4, 0.5) is 0 Å². The number of piperazine rings is 1. The fourth-order valence-corrected chi connectivity index (χ4v) is 3.45. The number of hydrogen-bond donors (Lipinski definition) is 2. The topological polar surface area (TPSA) is 80.2 Å². The minimum atomic E-state index is 0. The molecule has 1 saturated carbocycles. The summed E-state index contributed by atoms with van der Waals surface area (Å²) in [5, 5.41) is 7.62. The van der Waals surface area contributed by atoms with Crippen LogP contribution in [-0.4, -0.2) is 47.8 Å². The van der Waals surface area contributed by atoms with Gasteiger partial charge in [-0.1, -0.05) is 30.8 Å². The first-order chi connectivity index (χ1) is 10.3. The SMILES string of the molecule is CN1CCNCC1c1noc(C2CCCCCCC2N)n1.Cl.Cl. The Bertz CT molecular complexity index is 459. The minimum absolute atomic E-state index is 0. The van der Waals surface area contributed by atoms with E-state index in [4.69, 9.17) is 15.2 Å². The van der Waals surface area contributed by atoms with E-state index in [-0.39, 0.29) is 42.8 Å². The zero-order valence-electron chi connectivity index (χ0n) is 13.7. The highest BCUT2D eigenvalue weighted by molar-refractivity contribution is 5.85. The molecule has 2 heterocycles. The minimum Gasteiger partial charge on any atom is -0.339 e. The van der Waals surface area contributed by atoms with E-state index in [9.17, 15) is 0 Å². The smallest absolute Gasteiger partial charge is 0.231 e. The van der Waals surface area contributed by atoms with Crippen LogP contribution in [0.2, 0.25) is 0 Å². The maximum Gasteiger partial charge on any atom is 0.231 e. The molecular formula is C15H29Cl2N5O. The second-order valence-electron chi connectivity index (χ2n) is 6.45. The molecule has 3 N–H and O–H groups in total. The van der Waals surface area contributed by atoms with Gasteiger partial charge in [0.2, 0.25) is 5.89 Å². The number of nitrogens with one attached hydrogen (secondary N) is 1. The molecule has 2 aliphatic rings. The summed E-state index contributed by atoms with van der Waals surface area (Å²) in [6, 6.07) is 0.363. The molecule has 1 aliphatic carbocycles. The van der Waals surface area contributed by atoms with E-state index in [1.54, 1.807) is 0 Å². The first-order valence-corrected chi connectivity index (χ1v) is 8.26. The Morgan fingerprint density at radius 1 is 1.17 bits per heavy atom. The Balaban J connectivity index is 0.00000132. The summed E-state index contributed by atoms with van der Waals surface area (Å²) in [4.78, 5) is 6.97. The van der Waals surface area contributed by atoms with E-state index >= 15 is 0 Å². The van der Waals surface area contributed by atoms with Crippen LogP contribution in [0.5, 0.6) is 0 Å². The van der Waals surface area contributed by atoms with E-state index in [0.29, 0.717) is 0 Å². The van der Waals surface area contributed by atoms with Gasteiger partial charge >= 0.3 is 0 Å². The van der Waals surface area contributed by atoms with Crippen LogP contribution in [0.25, 0.3) is 0 Å². The van der Waals surface area contributed by atoms with Gasteiger partial charge in [0.1, 0.15) is 0 Å². The summed E-state index contributed by atoms with van der Waals surface area (Å²) in [6.07, 6.45) is 7.15. The van der Waals surface area contributed by atoms with Crippen molar-refractivity contribution >= 4 is 24.8 Å². The lowest BCUT2D eigenvalue weighted by Gasteiger charge is -2.30. The molecule has 3 unspecified atom stereocenters. The van der Waals surface area contributed by atoms with Crippen molar-refractivity contribution < 1.29 is 4.52 Å². The van der Waals surface area contributed by atoms with Crippen molar-refractivity contribution in [1.82, 2.24) is 20.4 Å². The van der Waals surface area contributed by atoms with Gasteiger partial charge in [0, 0.05) is 25.7 Å². The monoisotopic (exact) mass is 365 g/mol. The lowest BCUT2D eigenvalue weighted by Crippen LogP contribution is -2.44. The molecule has 0 amide bonds. The normalized spacial score (nSPS) is 29.7. The zero-order chi connectivity index (χ0) is 14.7. The standard InChI is InChI=1S/C15H27N5O.2ClH/c1-20-9-8-17-10-13(20)14-18-15(21-19-14)11-6-4-2-3-5-7-12(11)16;;/h11-13,17H,2-10,16H2,1H3;2*1H. The molecule has 0 bridgehead atoms. The van der Waals surface area contributed by atoms with Gasteiger partial charge in [-0.15, -0.1) is 24.8 Å². The highest BCUT2D eigenvalue weighted by atomic mass is 35.5. The second kappa shape index (κ2) is 9.79. The first kappa shape index (κ1) is 20.6. The molecule has 0 spiro atoms. The van der Waals surface area contributed by atoms with E-state index in [1.165, 1.54) is 25.7 Å². The largest absolute Gasteiger partial charge is 0.339 e. The molecule has 8 heteroatoms. The molecule has 6 nitrogen and oxygen atoms in total. The van der Waals surface area contributed by atoms with Gasteiger partial charge in [0.15, 0.2) is 5.82 Å². The predicted molar refractivity (Wildman–Crippen MR) is 95.5 cm³/mol. The van der Waals surface area contributed by atoms with E-state index < -0.39 is 0 Å². The van der Waals surface area contributed by atoms with Crippen molar-refractivity contribution in [3.05, 3.63) is 11.7 Å². The third kappa shape index (κ3) is 5.03. The van der Waals surface area contributed by atoms with Gasteiger partial charge in [0.05, 0.1) is 12.0 Å². The third-order valence-corrected chi connectivity index (χ3v) is 4.90. The van der Waals surface area contributed by atoms with Gasteiger partial charge in [-0.2, -0.15) is 4.98 Å². The third-order valence-electron chi connectivity index (χ3n) is 4.90. The quantitative estimate of drug-likeness (QED) is 0.836.